The smallest absolute Gasteiger partial charge is 0.304 e. The van der Waals surface area contributed by atoms with Gasteiger partial charge in [-0.25, -0.2) is 0 Å². The number of ether oxygens (including phenoxy) is 1. The Morgan fingerprint density at radius 3 is 2.93 bits per heavy atom. The number of benzene rings is 1. The number of hydrogen-bond acceptors (Lipinski definition) is 3. The highest BCUT2D eigenvalue weighted by molar-refractivity contribution is 5.67. The minimum Gasteiger partial charge on any atom is -0.440 e. The van der Waals surface area contributed by atoms with Gasteiger partial charge in [-0.2, -0.15) is 0 Å². The monoisotopic (exact) mass is 191 g/mol. The maximum atomic E-state index is 11.0. The lowest BCUT2D eigenvalue weighted by atomic mass is 10.0. The molecule has 2 rings (SSSR count). The average Bonchev–Trinajstić information content (AvgIpc) is 2.44. The van der Waals surface area contributed by atoms with Gasteiger partial charge in [-0.1, -0.05) is 24.3 Å². The first-order chi connectivity index (χ1) is 6.62. The van der Waals surface area contributed by atoms with Crippen molar-refractivity contribution in [2.45, 2.75) is 26.1 Å². The topological polar surface area (TPSA) is 38.3 Å². The van der Waals surface area contributed by atoms with Crippen LogP contribution in [0.4, 0.5) is 0 Å². The maximum absolute atomic E-state index is 11.0. The predicted molar refractivity (Wildman–Crippen MR) is 52.4 cm³/mol. The molecule has 0 fully saturated rings. The summed E-state index contributed by atoms with van der Waals surface area (Å²) in [5, 5.41) is 3.19. The second-order valence-electron chi connectivity index (χ2n) is 3.64. The molecule has 1 unspecified atom stereocenters. The van der Waals surface area contributed by atoms with Crippen LogP contribution >= 0.6 is 0 Å². The van der Waals surface area contributed by atoms with Crippen LogP contribution < -0.4 is 5.32 Å². The number of rotatable bonds is 1. The van der Waals surface area contributed by atoms with Crippen LogP contribution in [-0.2, 0) is 21.8 Å². The van der Waals surface area contributed by atoms with Crippen molar-refractivity contribution < 1.29 is 9.53 Å². The first-order valence-electron chi connectivity index (χ1n) is 4.65. The fourth-order valence-corrected chi connectivity index (χ4v) is 1.88. The molecule has 0 saturated heterocycles. The molecule has 0 amide bonds. The van der Waals surface area contributed by atoms with E-state index in [0.29, 0.717) is 0 Å². The van der Waals surface area contributed by atoms with Crippen LogP contribution in [-0.4, -0.2) is 5.97 Å². The van der Waals surface area contributed by atoms with Crippen molar-refractivity contribution in [2.75, 3.05) is 0 Å². The van der Waals surface area contributed by atoms with Crippen LogP contribution in [0.2, 0.25) is 0 Å². The fraction of sp³-hybridized carbons (Fsp3) is 0.364. The van der Waals surface area contributed by atoms with Gasteiger partial charge in [0, 0.05) is 19.0 Å². The lowest BCUT2D eigenvalue weighted by Crippen LogP contribution is -2.37. The van der Waals surface area contributed by atoms with Gasteiger partial charge in [0.1, 0.15) is 0 Å². The highest BCUT2D eigenvalue weighted by Gasteiger charge is 2.36. The molecule has 1 heterocycles. The van der Waals surface area contributed by atoms with Crippen LogP contribution in [0.3, 0.4) is 0 Å². The summed E-state index contributed by atoms with van der Waals surface area (Å²) in [6.45, 7) is 4.05. The number of nitrogens with one attached hydrogen (secondary N) is 1. The van der Waals surface area contributed by atoms with Crippen LogP contribution in [0.1, 0.15) is 25.0 Å². The van der Waals surface area contributed by atoms with Crippen LogP contribution in [0.15, 0.2) is 24.3 Å². The largest absolute Gasteiger partial charge is 0.440 e. The SMILES string of the molecule is CC(=O)OC1(C)NCc2ccccc21. The molecule has 1 atom stereocenters. The molecule has 0 spiro atoms. The van der Waals surface area contributed by atoms with Crippen molar-refractivity contribution in [2.24, 2.45) is 0 Å². The summed E-state index contributed by atoms with van der Waals surface area (Å²) in [5.74, 6) is -0.267. The fourth-order valence-electron chi connectivity index (χ4n) is 1.88. The van der Waals surface area contributed by atoms with Crippen molar-refractivity contribution in [1.82, 2.24) is 5.32 Å². The molecule has 74 valence electrons. The van der Waals surface area contributed by atoms with Gasteiger partial charge in [0.05, 0.1) is 0 Å². The van der Waals surface area contributed by atoms with E-state index >= 15 is 0 Å². The van der Waals surface area contributed by atoms with Crippen molar-refractivity contribution in [3.05, 3.63) is 35.4 Å². The Morgan fingerprint density at radius 1 is 1.50 bits per heavy atom. The van der Waals surface area contributed by atoms with E-state index in [9.17, 15) is 4.79 Å². The summed E-state index contributed by atoms with van der Waals surface area (Å²) >= 11 is 0. The molecule has 3 heteroatoms. The molecule has 1 aliphatic heterocycles. The van der Waals surface area contributed by atoms with E-state index in [-0.39, 0.29) is 5.97 Å². The molecular formula is C11H13NO2. The molecule has 0 radical (unpaired) electrons. The number of hydrogen-bond donors (Lipinski definition) is 1. The zero-order valence-electron chi connectivity index (χ0n) is 8.33. The molecule has 0 aliphatic carbocycles. The average molecular weight is 191 g/mol. The first-order valence-corrected chi connectivity index (χ1v) is 4.65. The van der Waals surface area contributed by atoms with Crippen molar-refractivity contribution in [3.8, 4) is 0 Å². The van der Waals surface area contributed by atoms with E-state index in [2.05, 4.69) is 5.32 Å². The Labute approximate surface area is 83.1 Å². The summed E-state index contributed by atoms with van der Waals surface area (Å²) in [5.41, 5.74) is 1.59. The number of esters is 1. The van der Waals surface area contributed by atoms with Crippen LogP contribution in [0.5, 0.6) is 0 Å². The number of carbonyl (C=O) groups is 1. The summed E-state index contributed by atoms with van der Waals surface area (Å²) in [6.07, 6.45) is 0. The normalized spacial score (nSPS) is 24.4. The Morgan fingerprint density at radius 2 is 2.21 bits per heavy atom. The summed E-state index contributed by atoms with van der Waals surface area (Å²) < 4.78 is 5.28. The third-order valence-corrected chi connectivity index (χ3v) is 2.50. The number of carbonyl (C=O) groups excluding carboxylic acids is 1. The molecule has 14 heavy (non-hydrogen) atoms. The number of fused-ring (bicyclic) bond motifs is 1. The Balaban J connectivity index is 2.37. The molecule has 0 bridgehead atoms. The summed E-state index contributed by atoms with van der Waals surface area (Å²) in [4.78, 5) is 11.0. The van der Waals surface area contributed by atoms with Gasteiger partial charge >= 0.3 is 5.97 Å². The molecular weight excluding hydrogens is 178 g/mol. The zero-order chi connectivity index (χ0) is 10.2. The highest BCUT2D eigenvalue weighted by Crippen LogP contribution is 2.31. The third kappa shape index (κ3) is 1.40. The van der Waals surface area contributed by atoms with E-state index in [0.717, 1.165) is 12.1 Å². The quantitative estimate of drug-likeness (QED) is 0.684. The zero-order valence-corrected chi connectivity index (χ0v) is 8.33. The van der Waals surface area contributed by atoms with Crippen molar-refractivity contribution in [3.63, 3.8) is 0 Å². The minimum absolute atomic E-state index is 0.267. The predicted octanol–water partition coefficient (Wildman–Crippen LogP) is 1.53. The van der Waals surface area contributed by atoms with E-state index in [4.69, 9.17) is 4.74 Å². The molecule has 1 aliphatic rings. The van der Waals surface area contributed by atoms with Gasteiger partial charge < -0.3 is 4.74 Å². The van der Waals surface area contributed by atoms with Gasteiger partial charge in [-0.15, -0.1) is 0 Å². The Kier molecular flexibility index (Phi) is 2.04. The lowest BCUT2D eigenvalue weighted by molar-refractivity contribution is -0.159. The second kappa shape index (κ2) is 3.10. The van der Waals surface area contributed by atoms with E-state index < -0.39 is 5.72 Å². The van der Waals surface area contributed by atoms with E-state index in [1.807, 2.05) is 31.2 Å². The van der Waals surface area contributed by atoms with E-state index in [1.165, 1.54) is 12.5 Å². The minimum atomic E-state index is -0.650. The second-order valence-corrected chi connectivity index (χ2v) is 3.64. The van der Waals surface area contributed by atoms with Crippen molar-refractivity contribution >= 4 is 5.97 Å². The molecule has 1 aromatic carbocycles. The lowest BCUT2D eigenvalue weighted by Gasteiger charge is -2.25. The Hall–Kier alpha value is -1.35. The first kappa shape index (κ1) is 9.21. The van der Waals surface area contributed by atoms with Crippen LogP contribution in [0.25, 0.3) is 0 Å². The summed E-state index contributed by atoms with van der Waals surface area (Å²) in [6, 6.07) is 7.96. The molecule has 1 N–H and O–H groups in total. The Bertz CT molecular complexity index is 375. The standard InChI is InChI=1S/C11H13NO2/c1-8(13)14-11(2)10-6-4-3-5-9(10)7-12-11/h3-6,12H,7H2,1-2H3. The molecule has 3 nitrogen and oxygen atoms in total. The van der Waals surface area contributed by atoms with Gasteiger partial charge in [0.2, 0.25) is 0 Å². The van der Waals surface area contributed by atoms with Gasteiger partial charge in [0.25, 0.3) is 0 Å². The summed E-state index contributed by atoms with van der Waals surface area (Å²) in [7, 11) is 0. The van der Waals surface area contributed by atoms with E-state index in [1.54, 1.807) is 0 Å². The van der Waals surface area contributed by atoms with Crippen molar-refractivity contribution in [1.29, 1.82) is 0 Å². The molecule has 1 aromatic rings. The van der Waals surface area contributed by atoms with Crippen LogP contribution in [0, 0.1) is 0 Å². The molecule has 0 aromatic heterocycles. The van der Waals surface area contributed by atoms with Gasteiger partial charge in [-0.3, -0.25) is 10.1 Å². The van der Waals surface area contributed by atoms with Gasteiger partial charge in [0.15, 0.2) is 5.72 Å². The third-order valence-electron chi connectivity index (χ3n) is 2.50. The maximum Gasteiger partial charge on any atom is 0.304 e. The molecule has 0 saturated carbocycles. The van der Waals surface area contributed by atoms with Gasteiger partial charge in [-0.05, 0) is 12.5 Å². The highest BCUT2D eigenvalue weighted by atomic mass is 16.6.